The molecule has 0 radical (unpaired) electrons. The lowest BCUT2D eigenvalue weighted by atomic mass is 9.94. The van der Waals surface area contributed by atoms with Crippen molar-refractivity contribution in [2.75, 3.05) is 31.5 Å². The topological polar surface area (TPSA) is 112 Å². The molecule has 4 heterocycles. The molecule has 3 aromatic heterocycles. The number of carbonyl (C=O) groups excluding carboxylic acids is 1. The van der Waals surface area contributed by atoms with E-state index in [9.17, 15) is 4.79 Å². The SMILES string of the molecule is Cc1nn(C)c(C)c1CCNC(=O)c1csc(Nc2cccc([C@H]3CCCN(CC#N)C3)n2)n1. The maximum Gasteiger partial charge on any atom is 0.270 e. The average molecular weight is 479 g/mol. The number of nitrogens with one attached hydrogen (secondary N) is 2. The highest BCUT2D eigenvalue weighted by Gasteiger charge is 2.22. The molecule has 0 saturated carbocycles. The van der Waals surface area contributed by atoms with E-state index in [0.29, 0.717) is 35.7 Å². The molecule has 1 atom stereocenters. The van der Waals surface area contributed by atoms with E-state index in [1.165, 1.54) is 16.9 Å². The molecular formula is C24H30N8OS. The zero-order chi connectivity index (χ0) is 24.1. The summed E-state index contributed by atoms with van der Waals surface area (Å²) in [6.07, 6.45) is 2.87. The maximum absolute atomic E-state index is 12.6. The number of rotatable bonds is 8. The normalized spacial score (nSPS) is 16.2. The third-order valence-corrected chi connectivity index (χ3v) is 7.04. The Balaban J connectivity index is 1.33. The first-order valence-corrected chi connectivity index (χ1v) is 12.4. The lowest BCUT2D eigenvalue weighted by Crippen LogP contribution is -2.34. The van der Waals surface area contributed by atoms with Crippen molar-refractivity contribution in [1.29, 1.82) is 5.26 Å². The summed E-state index contributed by atoms with van der Waals surface area (Å²) in [7, 11) is 1.93. The van der Waals surface area contributed by atoms with Crippen LogP contribution >= 0.6 is 11.3 Å². The van der Waals surface area contributed by atoms with Crippen LogP contribution in [0.3, 0.4) is 0 Å². The number of anilines is 2. The Bertz CT molecular complexity index is 1190. The summed E-state index contributed by atoms with van der Waals surface area (Å²) in [4.78, 5) is 24.0. The molecule has 178 valence electrons. The van der Waals surface area contributed by atoms with Crippen molar-refractivity contribution in [2.24, 2.45) is 7.05 Å². The largest absolute Gasteiger partial charge is 0.350 e. The zero-order valence-electron chi connectivity index (χ0n) is 19.8. The van der Waals surface area contributed by atoms with Crippen LogP contribution < -0.4 is 10.6 Å². The standard InChI is InChI=1S/C24H30N8OS/c1-16-19(17(2)31(3)30-16)9-11-26-23(33)21-15-34-24(28-21)29-22-8-4-7-20(27-22)18-6-5-12-32(14-18)13-10-25/h4,7-8,15,18H,5-6,9,11-14H2,1-3H3,(H,26,33)(H,27,28,29)/t18-/m0/s1. The Kier molecular flexibility index (Phi) is 7.55. The van der Waals surface area contributed by atoms with Gasteiger partial charge < -0.3 is 10.6 Å². The number of hydrogen-bond donors (Lipinski definition) is 2. The predicted molar refractivity (Wildman–Crippen MR) is 132 cm³/mol. The number of nitriles is 1. The quantitative estimate of drug-likeness (QED) is 0.478. The van der Waals surface area contributed by atoms with Crippen molar-refractivity contribution in [3.63, 3.8) is 0 Å². The van der Waals surface area contributed by atoms with Crippen molar-refractivity contribution < 1.29 is 4.79 Å². The smallest absolute Gasteiger partial charge is 0.270 e. The predicted octanol–water partition coefficient (Wildman–Crippen LogP) is 3.31. The van der Waals surface area contributed by atoms with Gasteiger partial charge in [0.2, 0.25) is 0 Å². The van der Waals surface area contributed by atoms with Crippen molar-refractivity contribution >= 4 is 28.2 Å². The number of aryl methyl sites for hydroxylation is 2. The summed E-state index contributed by atoms with van der Waals surface area (Å²) in [6.45, 7) is 6.83. The van der Waals surface area contributed by atoms with Crippen LogP contribution in [-0.4, -0.2) is 56.7 Å². The molecule has 2 N–H and O–H groups in total. The minimum Gasteiger partial charge on any atom is -0.350 e. The molecule has 34 heavy (non-hydrogen) atoms. The lowest BCUT2D eigenvalue weighted by Gasteiger charge is -2.30. The van der Waals surface area contributed by atoms with Gasteiger partial charge in [-0.1, -0.05) is 6.07 Å². The first kappa shape index (κ1) is 23.9. The van der Waals surface area contributed by atoms with E-state index in [1.54, 1.807) is 5.38 Å². The Hall–Kier alpha value is -3.29. The van der Waals surface area contributed by atoms with Crippen LogP contribution in [0, 0.1) is 25.2 Å². The molecule has 4 rings (SSSR count). The first-order valence-electron chi connectivity index (χ1n) is 11.5. The van der Waals surface area contributed by atoms with Crippen molar-refractivity contribution in [1.82, 2.24) is 30.0 Å². The van der Waals surface area contributed by atoms with Gasteiger partial charge in [0.05, 0.1) is 18.3 Å². The molecule has 3 aromatic rings. The monoisotopic (exact) mass is 478 g/mol. The molecule has 0 unspecified atom stereocenters. The second-order valence-corrected chi connectivity index (χ2v) is 9.48. The summed E-state index contributed by atoms with van der Waals surface area (Å²) in [6, 6.07) is 8.17. The highest BCUT2D eigenvalue weighted by atomic mass is 32.1. The van der Waals surface area contributed by atoms with E-state index < -0.39 is 0 Å². The van der Waals surface area contributed by atoms with Gasteiger partial charge in [-0.05, 0) is 57.4 Å². The Morgan fingerprint density at radius 3 is 2.94 bits per heavy atom. The van der Waals surface area contributed by atoms with Crippen molar-refractivity contribution in [3.05, 3.63) is 51.9 Å². The summed E-state index contributed by atoms with van der Waals surface area (Å²) in [5.41, 5.74) is 4.69. The molecule has 0 bridgehead atoms. The second kappa shape index (κ2) is 10.8. The minimum absolute atomic E-state index is 0.190. The molecule has 1 saturated heterocycles. The van der Waals surface area contributed by atoms with Crippen LogP contribution in [0.2, 0.25) is 0 Å². The summed E-state index contributed by atoms with van der Waals surface area (Å²) in [5, 5.41) is 22.0. The highest BCUT2D eigenvalue weighted by molar-refractivity contribution is 7.14. The van der Waals surface area contributed by atoms with Crippen LogP contribution in [0.25, 0.3) is 0 Å². The molecule has 1 aliphatic rings. The first-order chi connectivity index (χ1) is 16.4. The fraction of sp³-hybridized carbons (Fsp3) is 0.458. The van der Waals surface area contributed by atoms with E-state index in [2.05, 4.69) is 31.7 Å². The van der Waals surface area contributed by atoms with Gasteiger partial charge in [-0.2, -0.15) is 10.4 Å². The van der Waals surface area contributed by atoms with Gasteiger partial charge in [0.1, 0.15) is 11.5 Å². The van der Waals surface area contributed by atoms with Gasteiger partial charge in [-0.3, -0.25) is 14.4 Å². The fourth-order valence-electron chi connectivity index (χ4n) is 4.40. The molecule has 0 aromatic carbocycles. The van der Waals surface area contributed by atoms with Gasteiger partial charge in [-0.15, -0.1) is 11.3 Å². The Morgan fingerprint density at radius 2 is 2.18 bits per heavy atom. The fourth-order valence-corrected chi connectivity index (χ4v) is 5.10. The highest BCUT2D eigenvalue weighted by Crippen LogP contribution is 2.27. The van der Waals surface area contributed by atoms with E-state index in [1.807, 2.05) is 43.8 Å². The van der Waals surface area contributed by atoms with E-state index in [-0.39, 0.29) is 5.91 Å². The van der Waals surface area contributed by atoms with Crippen LogP contribution in [0.5, 0.6) is 0 Å². The molecule has 1 aliphatic heterocycles. The number of pyridine rings is 1. The number of carbonyl (C=O) groups is 1. The van der Waals surface area contributed by atoms with E-state index >= 15 is 0 Å². The second-order valence-electron chi connectivity index (χ2n) is 8.62. The third-order valence-electron chi connectivity index (χ3n) is 6.28. The van der Waals surface area contributed by atoms with Crippen LogP contribution in [-0.2, 0) is 13.5 Å². The third kappa shape index (κ3) is 5.61. The van der Waals surface area contributed by atoms with Gasteiger partial charge >= 0.3 is 0 Å². The van der Waals surface area contributed by atoms with Crippen LogP contribution in [0.15, 0.2) is 23.6 Å². The molecule has 9 nitrogen and oxygen atoms in total. The molecule has 0 aliphatic carbocycles. The Labute approximate surface area is 203 Å². The van der Waals surface area contributed by atoms with Crippen LogP contribution in [0.1, 0.15) is 51.9 Å². The average Bonchev–Trinajstić information content (AvgIpc) is 3.39. The van der Waals surface area contributed by atoms with Gasteiger partial charge in [0.15, 0.2) is 5.13 Å². The molecule has 10 heteroatoms. The number of hydrogen-bond acceptors (Lipinski definition) is 8. The van der Waals surface area contributed by atoms with Crippen LogP contribution in [0.4, 0.5) is 10.9 Å². The number of piperidine rings is 1. The van der Waals surface area contributed by atoms with E-state index in [0.717, 1.165) is 49.4 Å². The van der Waals surface area contributed by atoms with Gasteiger partial charge in [0.25, 0.3) is 5.91 Å². The number of nitrogens with zero attached hydrogens (tertiary/aromatic N) is 6. The van der Waals surface area contributed by atoms with Crippen molar-refractivity contribution in [2.45, 2.75) is 39.0 Å². The Morgan fingerprint density at radius 1 is 1.32 bits per heavy atom. The number of aromatic nitrogens is 4. The number of thiazole rings is 1. The summed E-state index contributed by atoms with van der Waals surface area (Å²) < 4.78 is 1.87. The molecule has 1 amide bonds. The van der Waals surface area contributed by atoms with Gasteiger partial charge in [0, 0.05) is 42.8 Å². The van der Waals surface area contributed by atoms with E-state index in [4.69, 9.17) is 10.2 Å². The van der Waals surface area contributed by atoms with Crippen molar-refractivity contribution in [3.8, 4) is 6.07 Å². The number of amides is 1. The summed E-state index contributed by atoms with van der Waals surface area (Å²) >= 11 is 1.38. The molecular weight excluding hydrogens is 448 g/mol. The molecule has 1 fully saturated rings. The molecule has 0 spiro atoms. The zero-order valence-corrected chi connectivity index (χ0v) is 20.7. The van der Waals surface area contributed by atoms with Gasteiger partial charge in [-0.25, -0.2) is 9.97 Å². The minimum atomic E-state index is -0.190. The maximum atomic E-state index is 12.6. The lowest BCUT2D eigenvalue weighted by molar-refractivity contribution is 0.0950. The summed E-state index contributed by atoms with van der Waals surface area (Å²) in [5.74, 6) is 0.831. The number of likely N-dealkylation sites (tertiary alicyclic amines) is 1.